The van der Waals surface area contributed by atoms with Gasteiger partial charge in [0.05, 0.1) is 6.10 Å². The normalized spacial score (nSPS) is 26.7. The first-order valence-corrected chi connectivity index (χ1v) is 4.07. The molecule has 1 heterocycles. The van der Waals surface area contributed by atoms with Crippen molar-refractivity contribution in [2.45, 2.75) is 25.9 Å². The second-order valence-corrected chi connectivity index (χ2v) is 3.38. The Morgan fingerprint density at radius 1 is 1.40 bits per heavy atom. The fraction of sp³-hybridized carbons (Fsp3) is 1.00. The van der Waals surface area contributed by atoms with E-state index in [-0.39, 0.29) is 6.10 Å². The number of likely N-dealkylation sites (tertiary alicyclic amines) is 1. The summed E-state index contributed by atoms with van der Waals surface area (Å²) < 4.78 is 0. The summed E-state index contributed by atoms with van der Waals surface area (Å²) in [5.41, 5.74) is 0. The molecule has 2 heteroatoms. The van der Waals surface area contributed by atoms with Crippen LogP contribution >= 0.6 is 0 Å². The van der Waals surface area contributed by atoms with Gasteiger partial charge in [-0.3, -0.25) is 0 Å². The van der Waals surface area contributed by atoms with E-state index in [2.05, 4.69) is 11.9 Å². The first-order chi connectivity index (χ1) is 4.70. The molecule has 0 aromatic carbocycles. The van der Waals surface area contributed by atoms with Gasteiger partial charge in [0, 0.05) is 0 Å². The molecular formula is C8H17NO. The highest BCUT2D eigenvalue weighted by atomic mass is 16.3. The molecule has 1 aliphatic heterocycles. The van der Waals surface area contributed by atoms with E-state index in [0.717, 1.165) is 25.9 Å². The van der Waals surface area contributed by atoms with Crippen LogP contribution in [0.3, 0.4) is 0 Å². The summed E-state index contributed by atoms with van der Waals surface area (Å²) in [6, 6.07) is 0. The quantitative estimate of drug-likeness (QED) is 0.584. The van der Waals surface area contributed by atoms with Crippen molar-refractivity contribution in [3.63, 3.8) is 0 Å². The fourth-order valence-corrected chi connectivity index (χ4v) is 1.51. The molecule has 1 fully saturated rings. The van der Waals surface area contributed by atoms with Crippen LogP contribution in [-0.2, 0) is 0 Å². The van der Waals surface area contributed by atoms with Gasteiger partial charge in [-0.25, -0.2) is 0 Å². The summed E-state index contributed by atoms with van der Waals surface area (Å²) in [7, 11) is 2.14. The maximum Gasteiger partial charge on any atom is 0.0541 e. The Labute approximate surface area is 62.8 Å². The van der Waals surface area contributed by atoms with Crippen molar-refractivity contribution in [2.75, 3.05) is 20.1 Å². The third-order valence-corrected chi connectivity index (χ3v) is 2.45. The topological polar surface area (TPSA) is 23.5 Å². The highest BCUT2D eigenvalue weighted by Crippen LogP contribution is 2.18. The van der Waals surface area contributed by atoms with Crippen LogP contribution in [0.2, 0.25) is 0 Å². The van der Waals surface area contributed by atoms with E-state index in [9.17, 15) is 5.11 Å². The van der Waals surface area contributed by atoms with Gasteiger partial charge in [-0.15, -0.1) is 0 Å². The van der Waals surface area contributed by atoms with Crippen molar-refractivity contribution in [1.82, 2.24) is 4.90 Å². The fourth-order valence-electron chi connectivity index (χ4n) is 1.51. The standard InChI is InChI=1S/C8H17NO/c1-7(10)8-3-5-9(2)6-4-8/h7-8,10H,3-6H2,1-2H3/t7-/m0/s1. The molecule has 0 spiro atoms. The monoisotopic (exact) mass is 143 g/mol. The number of rotatable bonds is 1. The molecule has 0 radical (unpaired) electrons. The lowest BCUT2D eigenvalue weighted by molar-refractivity contribution is 0.0798. The molecule has 10 heavy (non-hydrogen) atoms. The summed E-state index contributed by atoms with van der Waals surface area (Å²) in [4.78, 5) is 2.32. The number of aliphatic hydroxyl groups is 1. The van der Waals surface area contributed by atoms with E-state index in [1.807, 2.05) is 6.92 Å². The van der Waals surface area contributed by atoms with Crippen molar-refractivity contribution >= 4 is 0 Å². The number of aliphatic hydroxyl groups excluding tert-OH is 1. The van der Waals surface area contributed by atoms with Gasteiger partial charge in [-0.05, 0) is 45.8 Å². The summed E-state index contributed by atoms with van der Waals surface area (Å²) in [5.74, 6) is 0.552. The summed E-state index contributed by atoms with van der Waals surface area (Å²) >= 11 is 0. The van der Waals surface area contributed by atoms with Gasteiger partial charge in [-0.1, -0.05) is 0 Å². The van der Waals surface area contributed by atoms with E-state index < -0.39 is 0 Å². The molecule has 0 unspecified atom stereocenters. The average molecular weight is 143 g/mol. The molecule has 2 nitrogen and oxygen atoms in total. The smallest absolute Gasteiger partial charge is 0.0541 e. The first-order valence-electron chi connectivity index (χ1n) is 4.07. The summed E-state index contributed by atoms with van der Waals surface area (Å²) in [6.45, 7) is 4.20. The summed E-state index contributed by atoms with van der Waals surface area (Å²) in [6.07, 6.45) is 2.22. The number of hydrogen-bond donors (Lipinski definition) is 1. The molecule has 1 aliphatic rings. The van der Waals surface area contributed by atoms with Crippen LogP contribution in [-0.4, -0.2) is 36.2 Å². The van der Waals surface area contributed by atoms with Crippen molar-refractivity contribution in [3.8, 4) is 0 Å². The zero-order chi connectivity index (χ0) is 7.56. The zero-order valence-corrected chi connectivity index (χ0v) is 6.88. The lowest BCUT2D eigenvalue weighted by Crippen LogP contribution is -2.34. The van der Waals surface area contributed by atoms with Crippen molar-refractivity contribution < 1.29 is 5.11 Å². The van der Waals surface area contributed by atoms with E-state index in [0.29, 0.717) is 5.92 Å². The molecule has 1 saturated heterocycles. The van der Waals surface area contributed by atoms with Gasteiger partial charge in [0.1, 0.15) is 0 Å². The molecule has 0 aliphatic carbocycles. The second kappa shape index (κ2) is 3.35. The molecule has 1 atom stereocenters. The Morgan fingerprint density at radius 2 is 1.90 bits per heavy atom. The average Bonchev–Trinajstić information content (AvgIpc) is 1.88. The Hall–Kier alpha value is -0.0800. The highest BCUT2D eigenvalue weighted by Gasteiger charge is 2.19. The molecule has 0 bridgehead atoms. The first kappa shape index (κ1) is 8.02. The Balaban J connectivity index is 2.26. The lowest BCUT2D eigenvalue weighted by Gasteiger charge is -2.30. The Bertz CT molecular complexity index is 95.4. The van der Waals surface area contributed by atoms with Crippen molar-refractivity contribution in [1.29, 1.82) is 0 Å². The molecule has 0 aromatic heterocycles. The van der Waals surface area contributed by atoms with Crippen molar-refractivity contribution in [3.05, 3.63) is 0 Å². The van der Waals surface area contributed by atoms with Gasteiger partial charge in [-0.2, -0.15) is 0 Å². The maximum absolute atomic E-state index is 9.24. The molecule has 0 aromatic rings. The Kier molecular flexibility index (Phi) is 2.69. The van der Waals surface area contributed by atoms with Crippen LogP contribution in [0.1, 0.15) is 19.8 Å². The van der Waals surface area contributed by atoms with E-state index in [4.69, 9.17) is 0 Å². The largest absolute Gasteiger partial charge is 0.393 e. The van der Waals surface area contributed by atoms with Gasteiger partial charge < -0.3 is 10.0 Å². The molecular weight excluding hydrogens is 126 g/mol. The van der Waals surface area contributed by atoms with E-state index in [1.165, 1.54) is 0 Å². The van der Waals surface area contributed by atoms with Crippen LogP contribution in [0.4, 0.5) is 0 Å². The number of hydrogen-bond acceptors (Lipinski definition) is 2. The second-order valence-electron chi connectivity index (χ2n) is 3.38. The summed E-state index contributed by atoms with van der Waals surface area (Å²) in [5, 5.41) is 9.24. The third-order valence-electron chi connectivity index (χ3n) is 2.45. The van der Waals surface area contributed by atoms with Crippen molar-refractivity contribution in [2.24, 2.45) is 5.92 Å². The van der Waals surface area contributed by atoms with Crippen LogP contribution in [0.5, 0.6) is 0 Å². The number of piperidine rings is 1. The molecule has 1 rings (SSSR count). The van der Waals surface area contributed by atoms with Gasteiger partial charge in [0.25, 0.3) is 0 Å². The van der Waals surface area contributed by atoms with Gasteiger partial charge in [0.15, 0.2) is 0 Å². The van der Waals surface area contributed by atoms with Crippen LogP contribution < -0.4 is 0 Å². The molecule has 1 N–H and O–H groups in total. The van der Waals surface area contributed by atoms with Crippen LogP contribution in [0.15, 0.2) is 0 Å². The highest BCUT2D eigenvalue weighted by molar-refractivity contribution is 4.73. The minimum Gasteiger partial charge on any atom is -0.393 e. The minimum atomic E-state index is -0.103. The zero-order valence-electron chi connectivity index (χ0n) is 6.88. The third kappa shape index (κ3) is 1.96. The minimum absolute atomic E-state index is 0.103. The van der Waals surface area contributed by atoms with Crippen LogP contribution in [0, 0.1) is 5.92 Å². The van der Waals surface area contributed by atoms with E-state index >= 15 is 0 Å². The predicted octanol–water partition coefficient (Wildman–Crippen LogP) is 0.709. The lowest BCUT2D eigenvalue weighted by atomic mass is 9.93. The van der Waals surface area contributed by atoms with Gasteiger partial charge in [0.2, 0.25) is 0 Å². The van der Waals surface area contributed by atoms with Gasteiger partial charge >= 0.3 is 0 Å². The molecule has 0 amide bonds. The number of nitrogens with zero attached hydrogens (tertiary/aromatic N) is 1. The maximum atomic E-state index is 9.24. The van der Waals surface area contributed by atoms with Crippen LogP contribution in [0.25, 0.3) is 0 Å². The predicted molar refractivity (Wildman–Crippen MR) is 41.9 cm³/mol. The molecule has 0 saturated carbocycles. The molecule has 60 valence electrons. The van der Waals surface area contributed by atoms with E-state index in [1.54, 1.807) is 0 Å². The Morgan fingerprint density at radius 3 is 2.30 bits per heavy atom. The SMILES string of the molecule is C[C@H](O)C1CCN(C)CC1.